The molecule has 4 nitrogen and oxygen atoms in total. The molecule has 0 aromatic carbocycles. The number of guanidine groups is 1. The van der Waals surface area contributed by atoms with Crippen LogP contribution in [0.3, 0.4) is 0 Å². The summed E-state index contributed by atoms with van der Waals surface area (Å²) in [6, 6.07) is 0.572. The van der Waals surface area contributed by atoms with Crippen LogP contribution < -0.4 is 11.2 Å². The highest BCUT2D eigenvalue weighted by Crippen LogP contribution is 2.20. The Morgan fingerprint density at radius 1 is 1.43 bits per heavy atom. The lowest BCUT2D eigenvalue weighted by molar-refractivity contribution is 0.133. The lowest BCUT2D eigenvalue weighted by Crippen LogP contribution is -2.51. The highest BCUT2D eigenvalue weighted by molar-refractivity contribution is 5.85. The van der Waals surface area contributed by atoms with E-state index in [1.54, 1.807) is 0 Å². The van der Waals surface area contributed by atoms with Crippen molar-refractivity contribution in [3.8, 4) is 0 Å². The van der Waals surface area contributed by atoms with Crippen LogP contribution in [0.5, 0.6) is 0 Å². The van der Waals surface area contributed by atoms with Gasteiger partial charge in [0.05, 0.1) is 0 Å². The molecule has 0 atom stereocenters. The Hall–Kier alpha value is -0.480. The van der Waals surface area contributed by atoms with E-state index < -0.39 is 0 Å². The largest absolute Gasteiger partial charge is 0.369 e. The molecule has 1 aliphatic carbocycles. The molecule has 0 aliphatic heterocycles. The molecule has 0 aromatic heterocycles. The monoisotopic (exact) mass is 220 g/mol. The number of halogens is 1. The maximum absolute atomic E-state index is 7.17. The van der Waals surface area contributed by atoms with Crippen LogP contribution in [0.25, 0.3) is 0 Å². The molecule has 0 radical (unpaired) electrons. The smallest absolute Gasteiger partial charge is 0.200 e. The number of nitrogens with two attached hydrogens (primary N) is 1. The molecule has 1 saturated carbocycles. The third-order valence-corrected chi connectivity index (χ3v) is 2.62. The molecule has 0 heterocycles. The minimum Gasteiger partial charge on any atom is -0.369 e. The molecule has 5 heteroatoms. The molecule has 0 saturated heterocycles. The van der Waals surface area contributed by atoms with Crippen LogP contribution in [0.2, 0.25) is 0 Å². The quantitative estimate of drug-likeness (QED) is 0.383. The van der Waals surface area contributed by atoms with Crippen LogP contribution in [0, 0.1) is 5.41 Å². The minimum absolute atomic E-state index is 0. The van der Waals surface area contributed by atoms with E-state index in [0.717, 1.165) is 6.54 Å². The first-order valence-electron chi connectivity index (χ1n) is 5.11. The van der Waals surface area contributed by atoms with Crippen LogP contribution in [0.15, 0.2) is 0 Å². The zero-order chi connectivity index (χ0) is 9.68. The summed E-state index contributed by atoms with van der Waals surface area (Å²) in [4.78, 5) is 0. The van der Waals surface area contributed by atoms with Gasteiger partial charge >= 0.3 is 0 Å². The molecule has 0 spiro atoms. The second kappa shape index (κ2) is 6.90. The minimum atomic E-state index is 0. The summed E-state index contributed by atoms with van der Waals surface area (Å²) < 4.78 is 0. The van der Waals surface area contributed by atoms with Gasteiger partial charge in [-0.3, -0.25) is 10.8 Å². The molecule has 0 bridgehead atoms. The number of hydrogen-bond acceptors (Lipinski definition) is 2. The van der Waals surface area contributed by atoms with Crippen LogP contribution in [-0.4, -0.2) is 23.6 Å². The fourth-order valence-electron chi connectivity index (χ4n) is 1.98. The molecule has 84 valence electrons. The molecule has 4 N–H and O–H groups in total. The number of hydrogen-bond donors (Lipinski definition) is 3. The van der Waals surface area contributed by atoms with Gasteiger partial charge in [0.25, 0.3) is 0 Å². The first-order valence-corrected chi connectivity index (χ1v) is 5.11. The Balaban J connectivity index is 0.00000169. The molecule has 0 aromatic rings. The van der Waals surface area contributed by atoms with E-state index >= 15 is 0 Å². The van der Waals surface area contributed by atoms with E-state index in [-0.39, 0.29) is 18.4 Å². The lowest BCUT2D eigenvalue weighted by atomic mass is 9.95. The van der Waals surface area contributed by atoms with Gasteiger partial charge in [-0.2, -0.15) is 0 Å². The van der Waals surface area contributed by atoms with Gasteiger partial charge in [0.15, 0.2) is 0 Å². The average molecular weight is 221 g/mol. The van der Waals surface area contributed by atoms with Gasteiger partial charge < -0.3 is 5.73 Å². The standard InChI is InChI=1S/C9H20N4.ClH/c1-2-13(12-9(10)11)8-6-4-3-5-7-8;/h8H,2-7H2,1H3,(H4,10,11,12);1H. The first-order chi connectivity index (χ1) is 6.24. The molecule has 1 rings (SSSR count). The van der Waals surface area contributed by atoms with Gasteiger partial charge in [0.1, 0.15) is 0 Å². The Morgan fingerprint density at radius 3 is 2.43 bits per heavy atom. The summed E-state index contributed by atoms with van der Waals surface area (Å²) in [5, 5.41) is 9.26. The van der Waals surface area contributed by atoms with Crippen molar-refractivity contribution in [2.45, 2.75) is 45.1 Å². The number of nitrogens with one attached hydrogen (secondary N) is 2. The lowest BCUT2D eigenvalue weighted by Gasteiger charge is -2.33. The summed E-state index contributed by atoms with van der Waals surface area (Å²) in [5.41, 5.74) is 8.20. The topological polar surface area (TPSA) is 65.1 Å². The van der Waals surface area contributed by atoms with E-state index in [9.17, 15) is 0 Å². The van der Waals surface area contributed by atoms with Gasteiger partial charge in [0.2, 0.25) is 5.96 Å². The van der Waals surface area contributed by atoms with Crippen molar-refractivity contribution in [2.24, 2.45) is 5.73 Å². The SMILES string of the molecule is CCN(NC(=N)N)C1CCCCC1.Cl. The van der Waals surface area contributed by atoms with Gasteiger partial charge in [-0.25, -0.2) is 5.01 Å². The summed E-state index contributed by atoms with van der Waals surface area (Å²) in [7, 11) is 0. The van der Waals surface area contributed by atoms with Crippen molar-refractivity contribution in [3.05, 3.63) is 0 Å². The van der Waals surface area contributed by atoms with Crippen molar-refractivity contribution < 1.29 is 0 Å². The first kappa shape index (κ1) is 13.5. The third-order valence-electron chi connectivity index (χ3n) is 2.62. The van der Waals surface area contributed by atoms with Crippen molar-refractivity contribution in [3.63, 3.8) is 0 Å². The predicted molar refractivity (Wildman–Crippen MR) is 61.6 cm³/mol. The fraction of sp³-hybridized carbons (Fsp3) is 0.889. The van der Waals surface area contributed by atoms with Crippen molar-refractivity contribution in [1.29, 1.82) is 5.41 Å². The molecule has 14 heavy (non-hydrogen) atoms. The summed E-state index contributed by atoms with van der Waals surface area (Å²) in [6.45, 7) is 2.99. The number of hydrazine groups is 1. The number of nitrogens with zero attached hydrogens (tertiary/aromatic N) is 1. The Kier molecular flexibility index (Phi) is 6.66. The fourth-order valence-corrected chi connectivity index (χ4v) is 1.98. The van der Waals surface area contributed by atoms with Crippen LogP contribution >= 0.6 is 12.4 Å². The summed E-state index contributed by atoms with van der Waals surface area (Å²) in [5.74, 6) is 0.0485. The summed E-state index contributed by atoms with van der Waals surface area (Å²) in [6.07, 6.45) is 6.43. The van der Waals surface area contributed by atoms with Crippen LogP contribution in [0.4, 0.5) is 0 Å². The van der Waals surface area contributed by atoms with Crippen molar-refractivity contribution >= 4 is 18.4 Å². The maximum atomic E-state index is 7.17. The van der Waals surface area contributed by atoms with E-state index in [2.05, 4.69) is 17.4 Å². The molecule has 1 fully saturated rings. The van der Waals surface area contributed by atoms with Gasteiger partial charge in [0, 0.05) is 12.6 Å². The zero-order valence-electron chi connectivity index (χ0n) is 8.75. The second-order valence-electron chi connectivity index (χ2n) is 3.60. The maximum Gasteiger partial charge on any atom is 0.200 e. The second-order valence-corrected chi connectivity index (χ2v) is 3.60. The van der Waals surface area contributed by atoms with Gasteiger partial charge in [-0.15, -0.1) is 12.4 Å². The Morgan fingerprint density at radius 2 is 2.00 bits per heavy atom. The highest BCUT2D eigenvalue weighted by Gasteiger charge is 2.19. The predicted octanol–water partition coefficient (Wildman–Crippen LogP) is 1.46. The van der Waals surface area contributed by atoms with E-state index in [1.165, 1.54) is 32.1 Å². The Bertz CT molecular complexity index is 168. The van der Waals surface area contributed by atoms with Crippen molar-refractivity contribution in [1.82, 2.24) is 10.4 Å². The zero-order valence-corrected chi connectivity index (χ0v) is 9.57. The number of rotatable bonds is 3. The van der Waals surface area contributed by atoms with E-state index in [4.69, 9.17) is 11.1 Å². The third kappa shape index (κ3) is 4.15. The van der Waals surface area contributed by atoms with Crippen LogP contribution in [0.1, 0.15) is 39.0 Å². The molecule has 0 unspecified atom stereocenters. The van der Waals surface area contributed by atoms with E-state index in [1.807, 2.05) is 0 Å². The highest BCUT2D eigenvalue weighted by atomic mass is 35.5. The van der Waals surface area contributed by atoms with E-state index in [0.29, 0.717) is 6.04 Å². The summed E-state index contributed by atoms with van der Waals surface area (Å²) >= 11 is 0. The van der Waals surface area contributed by atoms with Crippen molar-refractivity contribution in [2.75, 3.05) is 6.54 Å². The van der Waals surface area contributed by atoms with Gasteiger partial charge in [-0.05, 0) is 12.8 Å². The normalized spacial score (nSPS) is 17.6. The molecule has 1 aliphatic rings. The Labute approximate surface area is 92.1 Å². The average Bonchev–Trinajstić information content (AvgIpc) is 2.15. The van der Waals surface area contributed by atoms with Gasteiger partial charge in [-0.1, -0.05) is 26.2 Å². The van der Waals surface area contributed by atoms with Crippen LogP contribution in [-0.2, 0) is 0 Å². The molecular formula is C9H21ClN4. The molecule has 0 amide bonds. The molecular weight excluding hydrogens is 200 g/mol.